The van der Waals surface area contributed by atoms with Gasteiger partial charge in [-0.05, 0) is 18.2 Å². The van der Waals surface area contributed by atoms with E-state index >= 15 is 0 Å². The number of halogens is 1. The lowest BCUT2D eigenvalue weighted by Gasteiger charge is -2.29. The minimum Gasteiger partial charge on any atom is -0.378 e. The third-order valence-corrected chi connectivity index (χ3v) is 2.64. The van der Waals surface area contributed by atoms with Crippen molar-refractivity contribution in [2.75, 3.05) is 36.5 Å². The van der Waals surface area contributed by atoms with Crippen LogP contribution in [0.15, 0.2) is 18.2 Å². The zero-order chi connectivity index (χ0) is 12.3. The topological polar surface area (TPSA) is 41.6 Å². The van der Waals surface area contributed by atoms with Gasteiger partial charge in [-0.15, -0.1) is 0 Å². The van der Waals surface area contributed by atoms with Crippen molar-refractivity contribution in [3.63, 3.8) is 0 Å². The highest BCUT2D eigenvalue weighted by Crippen LogP contribution is 2.23. The molecule has 4 nitrogen and oxygen atoms in total. The molecule has 0 bridgehead atoms. The summed E-state index contributed by atoms with van der Waals surface area (Å²) in [6.07, 6.45) is 0. The molecule has 1 heterocycles. The van der Waals surface area contributed by atoms with Crippen molar-refractivity contribution in [1.29, 1.82) is 0 Å². The van der Waals surface area contributed by atoms with Crippen molar-refractivity contribution in [3.8, 4) is 0 Å². The van der Waals surface area contributed by atoms with E-state index in [0.717, 1.165) is 18.8 Å². The Bertz CT molecular complexity index is 417. The molecule has 1 N–H and O–H groups in total. The van der Waals surface area contributed by atoms with Crippen molar-refractivity contribution in [2.24, 2.45) is 0 Å². The van der Waals surface area contributed by atoms with Crippen molar-refractivity contribution in [1.82, 2.24) is 0 Å². The second kappa shape index (κ2) is 5.14. The summed E-state index contributed by atoms with van der Waals surface area (Å²) in [6, 6.07) is 4.74. The molecule has 1 aliphatic heterocycles. The molecule has 1 aliphatic rings. The van der Waals surface area contributed by atoms with Gasteiger partial charge in [-0.3, -0.25) is 4.79 Å². The maximum atomic E-state index is 13.4. The summed E-state index contributed by atoms with van der Waals surface area (Å²) in [5, 5.41) is 2.48. The van der Waals surface area contributed by atoms with E-state index in [1.54, 1.807) is 12.1 Å². The Balaban J connectivity index is 2.20. The molecule has 1 fully saturated rings. The first-order valence-corrected chi connectivity index (χ1v) is 5.56. The van der Waals surface area contributed by atoms with Crippen LogP contribution in [-0.4, -0.2) is 32.2 Å². The Kier molecular flexibility index (Phi) is 3.58. The van der Waals surface area contributed by atoms with Crippen LogP contribution in [0.5, 0.6) is 0 Å². The molecule has 1 aromatic rings. The molecule has 0 spiro atoms. The van der Waals surface area contributed by atoms with E-state index in [4.69, 9.17) is 4.74 Å². The fourth-order valence-electron chi connectivity index (χ4n) is 1.82. The van der Waals surface area contributed by atoms with E-state index in [2.05, 4.69) is 10.2 Å². The molecule has 0 atom stereocenters. The number of carbonyl (C=O) groups excluding carboxylic acids is 1. The van der Waals surface area contributed by atoms with E-state index in [9.17, 15) is 9.18 Å². The third kappa shape index (κ3) is 2.94. The van der Waals surface area contributed by atoms with Gasteiger partial charge >= 0.3 is 0 Å². The Morgan fingerprint density at radius 1 is 1.41 bits per heavy atom. The van der Waals surface area contributed by atoms with Crippen LogP contribution in [-0.2, 0) is 9.53 Å². The zero-order valence-corrected chi connectivity index (χ0v) is 9.70. The van der Waals surface area contributed by atoms with Crippen LogP contribution in [0.3, 0.4) is 0 Å². The summed E-state index contributed by atoms with van der Waals surface area (Å²) in [4.78, 5) is 13.0. The average Bonchev–Trinajstić information content (AvgIpc) is 2.32. The van der Waals surface area contributed by atoms with Gasteiger partial charge in [-0.25, -0.2) is 4.39 Å². The lowest BCUT2D eigenvalue weighted by Crippen LogP contribution is -2.36. The molecule has 0 aliphatic carbocycles. The molecule has 92 valence electrons. The molecule has 17 heavy (non-hydrogen) atoms. The predicted octanol–water partition coefficient (Wildman–Crippen LogP) is 1.62. The highest BCUT2D eigenvalue weighted by atomic mass is 19.1. The van der Waals surface area contributed by atoms with Gasteiger partial charge in [0, 0.05) is 25.7 Å². The summed E-state index contributed by atoms with van der Waals surface area (Å²) in [7, 11) is 0. The molecule has 5 heteroatoms. The number of hydrogen-bond acceptors (Lipinski definition) is 3. The quantitative estimate of drug-likeness (QED) is 0.851. The molecule has 0 unspecified atom stereocenters. The van der Waals surface area contributed by atoms with Crippen LogP contribution in [0.1, 0.15) is 6.92 Å². The highest BCUT2D eigenvalue weighted by molar-refractivity contribution is 5.89. The number of rotatable bonds is 2. The number of benzene rings is 1. The van der Waals surface area contributed by atoms with E-state index in [0.29, 0.717) is 13.2 Å². The fourth-order valence-corrected chi connectivity index (χ4v) is 1.82. The molecule has 0 saturated carbocycles. The summed E-state index contributed by atoms with van der Waals surface area (Å²) in [5.41, 5.74) is 1.12. The van der Waals surface area contributed by atoms with Gasteiger partial charge < -0.3 is 15.0 Å². The number of nitrogens with zero attached hydrogens (tertiary/aromatic N) is 1. The second-order valence-electron chi connectivity index (χ2n) is 3.94. The molecule has 0 aromatic heterocycles. The summed E-state index contributed by atoms with van der Waals surface area (Å²) >= 11 is 0. The Labute approximate surface area is 99.4 Å². The van der Waals surface area contributed by atoms with Gasteiger partial charge in [-0.1, -0.05) is 0 Å². The minimum absolute atomic E-state index is 0.224. The number of ether oxygens (including phenoxy) is 1. The van der Waals surface area contributed by atoms with Gasteiger partial charge in [0.15, 0.2) is 0 Å². The lowest BCUT2D eigenvalue weighted by atomic mass is 10.2. The van der Waals surface area contributed by atoms with Crippen LogP contribution in [0.2, 0.25) is 0 Å². The fraction of sp³-hybridized carbons (Fsp3) is 0.417. The molecule has 1 saturated heterocycles. The second-order valence-corrected chi connectivity index (χ2v) is 3.94. The molecule has 0 radical (unpaired) electrons. The smallest absolute Gasteiger partial charge is 0.221 e. The van der Waals surface area contributed by atoms with Crippen molar-refractivity contribution in [2.45, 2.75) is 6.92 Å². The van der Waals surface area contributed by atoms with Crippen LogP contribution in [0.4, 0.5) is 15.8 Å². The van der Waals surface area contributed by atoms with Gasteiger partial charge in [0.2, 0.25) is 5.91 Å². The minimum atomic E-state index is -0.419. The van der Waals surface area contributed by atoms with E-state index in [1.165, 1.54) is 13.0 Å². The van der Waals surface area contributed by atoms with Gasteiger partial charge in [-0.2, -0.15) is 0 Å². The third-order valence-electron chi connectivity index (χ3n) is 2.64. The number of anilines is 2. The maximum Gasteiger partial charge on any atom is 0.221 e. The van der Waals surface area contributed by atoms with E-state index < -0.39 is 5.82 Å². The Morgan fingerprint density at radius 3 is 2.76 bits per heavy atom. The average molecular weight is 238 g/mol. The van der Waals surface area contributed by atoms with Crippen molar-refractivity contribution in [3.05, 3.63) is 24.0 Å². The number of hydrogen-bond donors (Lipinski definition) is 1. The molecule has 1 amide bonds. The first-order chi connectivity index (χ1) is 8.16. The Hall–Kier alpha value is -1.62. The standard InChI is InChI=1S/C12H15FN2O2/c1-9(16)14-12-8-10(2-3-11(12)13)15-4-6-17-7-5-15/h2-3,8H,4-7H2,1H3,(H,14,16). The predicted molar refractivity (Wildman–Crippen MR) is 63.7 cm³/mol. The van der Waals surface area contributed by atoms with Crippen molar-refractivity contribution >= 4 is 17.3 Å². The molecule has 2 rings (SSSR count). The van der Waals surface area contributed by atoms with Gasteiger partial charge in [0.25, 0.3) is 0 Å². The van der Waals surface area contributed by atoms with Crippen LogP contribution < -0.4 is 10.2 Å². The van der Waals surface area contributed by atoms with Gasteiger partial charge in [0.1, 0.15) is 5.82 Å². The normalized spacial score (nSPS) is 15.8. The van der Waals surface area contributed by atoms with E-state index in [-0.39, 0.29) is 11.6 Å². The number of amides is 1. The van der Waals surface area contributed by atoms with Crippen LogP contribution in [0.25, 0.3) is 0 Å². The van der Waals surface area contributed by atoms with Crippen LogP contribution >= 0.6 is 0 Å². The highest BCUT2D eigenvalue weighted by Gasteiger charge is 2.13. The lowest BCUT2D eigenvalue weighted by molar-refractivity contribution is -0.114. The largest absolute Gasteiger partial charge is 0.378 e. The molecule has 1 aromatic carbocycles. The number of morpholine rings is 1. The monoisotopic (exact) mass is 238 g/mol. The first kappa shape index (κ1) is 11.9. The SMILES string of the molecule is CC(=O)Nc1cc(N2CCOCC2)ccc1F. The van der Waals surface area contributed by atoms with Gasteiger partial charge in [0.05, 0.1) is 18.9 Å². The van der Waals surface area contributed by atoms with Crippen molar-refractivity contribution < 1.29 is 13.9 Å². The molecular weight excluding hydrogens is 223 g/mol. The summed E-state index contributed by atoms with van der Waals surface area (Å²) in [6.45, 7) is 4.27. The summed E-state index contributed by atoms with van der Waals surface area (Å²) in [5.74, 6) is -0.694. The maximum absolute atomic E-state index is 13.4. The molecular formula is C12H15FN2O2. The van der Waals surface area contributed by atoms with E-state index in [1.807, 2.05) is 0 Å². The number of carbonyl (C=O) groups is 1. The summed E-state index contributed by atoms with van der Waals surface area (Å²) < 4.78 is 18.7. The number of nitrogens with one attached hydrogen (secondary N) is 1. The first-order valence-electron chi connectivity index (χ1n) is 5.56. The van der Waals surface area contributed by atoms with Crippen LogP contribution in [0, 0.1) is 5.82 Å². The Morgan fingerprint density at radius 2 is 2.12 bits per heavy atom. The zero-order valence-electron chi connectivity index (χ0n) is 9.70.